The van der Waals surface area contributed by atoms with Gasteiger partial charge in [-0.1, -0.05) is 25.1 Å². The van der Waals surface area contributed by atoms with Gasteiger partial charge in [0.2, 0.25) is 0 Å². The van der Waals surface area contributed by atoms with E-state index in [1.807, 2.05) is 12.1 Å². The maximum atomic E-state index is 8.99. The Labute approximate surface area is 83.8 Å². The fraction of sp³-hybridized carbons (Fsp3) is 0.333. The first-order valence-electron chi connectivity index (χ1n) is 4.96. The molecule has 74 valence electrons. The van der Waals surface area contributed by atoms with E-state index in [0.717, 1.165) is 6.54 Å². The number of fused-ring (bicyclic) bond motifs is 1. The molecule has 0 radical (unpaired) electrons. The van der Waals surface area contributed by atoms with Crippen LogP contribution in [0.15, 0.2) is 36.5 Å². The molecule has 0 bridgehead atoms. The van der Waals surface area contributed by atoms with Crippen LogP contribution >= 0.6 is 0 Å². The van der Waals surface area contributed by atoms with Crippen molar-refractivity contribution in [1.29, 1.82) is 0 Å². The van der Waals surface area contributed by atoms with Gasteiger partial charge in [0.1, 0.15) is 0 Å². The normalized spacial score (nSPS) is 13.3. The molecule has 0 spiro atoms. The van der Waals surface area contributed by atoms with Crippen molar-refractivity contribution in [2.45, 2.75) is 13.5 Å². The largest absolute Gasteiger partial charge is 0.396 e. The molecular formula is C12H15NO. The second kappa shape index (κ2) is 3.84. The standard InChI is InChI=1S/C12H15NO/c1-10(9-14)8-13-7-6-11-4-2-3-5-12(11)13/h2-7,10,14H,8-9H2,1H3/t10-/m0/s1. The van der Waals surface area contributed by atoms with E-state index in [-0.39, 0.29) is 6.61 Å². The lowest BCUT2D eigenvalue weighted by atomic mass is 10.2. The smallest absolute Gasteiger partial charge is 0.0480 e. The summed E-state index contributed by atoms with van der Waals surface area (Å²) in [5.41, 5.74) is 1.24. The molecule has 14 heavy (non-hydrogen) atoms. The van der Waals surface area contributed by atoms with E-state index in [1.54, 1.807) is 0 Å². The van der Waals surface area contributed by atoms with Gasteiger partial charge in [0.15, 0.2) is 0 Å². The Morgan fingerprint density at radius 3 is 2.86 bits per heavy atom. The van der Waals surface area contributed by atoms with Gasteiger partial charge >= 0.3 is 0 Å². The summed E-state index contributed by atoms with van der Waals surface area (Å²) in [5, 5.41) is 10.3. The topological polar surface area (TPSA) is 25.2 Å². The van der Waals surface area contributed by atoms with Crippen molar-refractivity contribution in [3.63, 3.8) is 0 Å². The predicted molar refractivity (Wildman–Crippen MR) is 58.2 cm³/mol. The van der Waals surface area contributed by atoms with Gasteiger partial charge in [-0.25, -0.2) is 0 Å². The Balaban J connectivity index is 2.33. The SMILES string of the molecule is C[C@H](CO)Cn1ccc2ccccc21. The summed E-state index contributed by atoms with van der Waals surface area (Å²) in [6.07, 6.45) is 2.08. The minimum absolute atomic E-state index is 0.243. The van der Waals surface area contributed by atoms with Gasteiger partial charge in [-0.3, -0.25) is 0 Å². The lowest BCUT2D eigenvalue weighted by Crippen LogP contribution is -2.09. The van der Waals surface area contributed by atoms with Crippen LogP contribution in [-0.2, 0) is 6.54 Å². The molecule has 1 aromatic heterocycles. The maximum absolute atomic E-state index is 8.99. The maximum Gasteiger partial charge on any atom is 0.0480 e. The minimum Gasteiger partial charge on any atom is -0.396 e. The molecule has 0 unspecified atom stereocenters. The van der Waals surface area contributed by atoms with Crippen LogP contribution in [0.4, 0.5) is 0 Å². The average molecular weight is 189 g/mol. The Morgan fingerprint density at radius 1 is 1.29 bits per heavy atom. The van der Waals surface area contributed by atoms with Gasteiger partial charge in [0, 0.05) is 24.9 Å². The Morgan fingerprint density at radius 2 is 2.07 bits per heavy atom. The monoisotopic (exact) mass is 189 g/mol. The summed E-state index contributed by atoms with van der Waals surface area (Å²) in [6.45, 7) is 3.17. The summed E-state index contributed by atoms with van der Waals surface area (Å²) in [7, 11) is 0. The highest BCUT2D eigenvalue weighted by Crippen LogP contribution is 2.16. The number of nitrogens with zero attached hydrogens (tertiary/aromatic N) is 1. The third-order valence-electron chi connectivity index (χ3n) is 2.50. The van der Waals surface area contributed by atoms with Crippen molar-refractivity contribution < 1.29 is 5.11 Å². The number of hydrogen-bond acceptors (Lipinski definition) is 1. The van der Waals surface area contributed by atoms with Crippen LogP contribution in [0.5, 0.6) is 0 Å². The molecule has 0 aliphatic carbocycles. The van der Waals surface area contributed by atoms with Crippen LogP contribution in [-0.4, -0.2) is 16.3 Å². The minimum atomic E-state index is 0.243. The van der Waals surface area contributed by atoms with Crippen molar-refractivity contribution in [1.82, 2.24) is 4.57 Å². The van der Waals surface area contributed by atoms with Gasteiger partial charge in [-0.05, 0) is 23.4 Å². The van der Waals surface area contributed by atoms with E-state index in [1.165, 1.54) is 10.9 Å². The zero-order valence-electron chi connectivity index (χ0n) is 8.35. The predicted octanol–water partition coefficient (Wildman–Crippen LogP) is 2.27. The third-order valence-corrected chi connectivity index (χ3v) is 2.50. The second-order valence-electron chi connectivity index (χ2n) is 3.81. The van der Waals surface area contributed by atoms with Gasteiger partial charge < -0.3 is 9.67 Å². The third kappa shape index (κ3) is 1.66. The molecule has 0 aliphatic heterocycles. The number of benzene rings is 1. The van der Waals surface area contributed by atoms with Crippen molar-refractivity contribution in [3.05, 3.63) is 36.5 Å². The van der Waals surface area contributed by atoms with Crippen molar-refractivity contribution in [2.75, 3.05) is 6.61 Å². The van der Waals surface area contributed by atoms with Crippen LogP contribution in [0.25, 0.3) is 10.9 Å². The summed E-state index contributed by atoms with van der Waals surface area (Å²) in [5.74, 6) is 0.311. The first-order valence-corrected chi connectivity index (χ1v) is 4.96. The Kier molecular flexibility index (Phi) is 2.55. The molecule has 2 nitrogen and oxygen atoms in total. The Bertz CT molecular complexity index is 419. The van der Waals surface area contributed by atoms with Gasteiger partial charge in [0.25, 0.3) is 0 Å². The molecule has 0 saturated heterocycles. The van der Waals surface area contributed by atoms with Crippen molar-refractivity contribution in [3.8, 4) is 0 Å². The van der Waals surface area contributed by atoms with Gasteiger partial charge in [0.05, 0.1) is 0 Å². The molecule has 1 aromatic carbocycles. The first-order chi connectivity index (χ1) is 6.81. The fourth-order valence-electron chi connectivity index (χ4n) is 1.69. The molecule has 1 N–H and O–H groups in total. The highest BCUT2D eigenvalue weighted by atomic mass is 16.3. The summed E-state index contributed by atoms with van der Waals surface area (Å²) in [4.78, 5) is 0. The van der Waals surface area contributed by atoms with Crippen LogP contribution in [0.3, 0.4) is 0 Å². The van der Waals surface area contributed by atoms with E-state index in [2.05, 4.69) is 35.9 Å². The highest BCUT2D eigenvalue weighted by Gasteiger charge is 2.03. The molecule has 0 aliphatic rings. The molecule has 0 saturated carbocycles. The van der Waals surface area contributed by atoms with Gasteiger partial charge in [-0.2, -0.15) is 0 Å². The van der Waals surface area contributed by atoms with E-state index in [9.17, 15) is 0 Å². The Hall–Kier alpha value is -1.28. The zero-order chi connectivity index (χ0) is 9.97. The van der Waals surface area contributed by atoms with E-state index in [0.29, 0.717) is 5.92 Å². The summed E-state index contributed by atoms with van der Waals surface area (Å²) >= 11 is 0. The van der Waals surface area contributed by atoms with Crippen LogP contribution < -0.4 is 0 Å². The van der Waals surface area contributed by atoms with E-state index in [4.69, 9.17) is 5.11 Å². The quantitative estimate of drug-likeness (QED) is 0.787. The first kappa shape index (κ1) is 9.28. The fourth-order valence-corrected chi connectivity index (χ4v) is 1.69. The molecule has 1 atom stereocenters. The number of aliphatic hydroxyl groups is 1. The summed E-state index contributed by atoms with van der Waals surface area (Å²) < 4.78 is 2.19. The van der Waals surface area contributed by atoms with Crippen molar-refractivity contribution >= 4 is 10.9 Å². The number of aromatic nitrogens is 1. The van der Waals surface area contributed by atoms with Crippen LogP contribution in [0.1, 0.15) is 6.92 Å². The second-order valence-corrected chi connectivity index (χ2v) is 3.81. The number of hydrogen-bond donors (Lipinski definition) is 1. The highest BCUT2D eigenvalue weighted by molar-refractivity contribution is 5.79. The molecule has 2 heteroatoms. The van der Waals surface area contributed by atoms with E-state index >= 15 is 0 Å². The lowest BCUT2D eigenvalue weighted by molar-refractivity contribution is 0.224. The molecule has 0 fully saturated rings. The van der Waals surface area contributed by atoms with E-state index < -0.39 is 0 Å². The number of rotatable bonds is 3. The molecular weight excluding hydrogens is 174 g/mol. The molecule has 0 amide bonds. The van der Waals surface area contributed by atoms with Crippen LogP contribution in [0, 0.1) is 5.92 Å². The number of aliphatic hydroxyl groups excluding tert-OH is 1. The molecule has 2 aromatic rings. The average Bonchev–Trinajstić information content (AvgIpc) is 2.62. The molecule has 2 rings (SSSR count). The van der Waals surface area contributed by atoms with Gasteiger partial charge in [-0.15, -0.1) is 0 Å². The van der Waals surface area contributed by atoms with Crippen LogP contribution in [0.2, 0.25) is 0 Å². The zero-order valence-corrected chi connectivity index (χ0v) is 8.35. The lowest BCUT2D eigenvalue weighted by Gasteiger charge is -2.10. The molecule has 1 heterocycles. The van der Waals surface area contributed by atoms with Crippen molar-refractivity contribution in [2.24, 2.45) is 5.92 Å². The summed E-state index contributed by atoms with van der Waals surface area (Å²) in [6, 6.07) is 10.4. The number of para-hydroxylation sites is 1.